The monoisotopic (exact) mass is 350 g/mol. The zero-order valence-electron chi connectivity index (χ0n) is 12.5. The largest absolute Gasteiger partial charge is 0.342 e. The van der Waals surface area contributed by atoms with Crippen molar-refractivity contribution in [1.82, 2.24) is 4.90 Å². The summed E-state index contributed by atoms with van der Waals surface area (Å²) in [5, 5.41) is 0. The van der Waals surface area contributed by atoms with Gasteiger partial charge in [-0.15, -0.1) is 0 Å². The molecule has 0 radical (unpaired) electrons. The quantitative estimate of drug-likeness (QED) is 0.910. The van der Waals surface area contributed by atoms with Crippen molar-refractivity contribution in [3.63, 3.8) is 0 Å². The molecule has 21 heavy (non-hydrogen) atoms. The van der Waals surface area contributed by atoms with Crippen LogP contribution >= 0.6 is 15.9 Å². The zero-order chi connectivity index (χ0) is 15.0. The Kier molecular flexibility index (Phi) is 4.36. The first-order valence-electron chi connectivity index (χ1n) is 7.83. The van der Waals surface area contributed by atoms with E-state index in [1.165, 1.54) is 12.0 Å². The lowest BCUT2D eigenvalue weighted by Crippen LogP contribution is -2.36. The second-order valence-electron chi connectivity index (χ2n) is 6.64. The first-order chi connectivity index (χ1) is 10.0. The molecule has 2 fully saturated rings. The van der Waals surface area contributed by atoms with Crippen molar-refractivity contribution in [2.24, 2.45) is 23.5 Å². The molecule has 0 aromatic heterocycles. The first-order valence-corrected chi connectivity index (χ1v) is 8.62. The number of hydrogen-bond donors (Lipinski definition) is 1. The number of hydrogen-bond acceptors (Lipinski definition) is 2. The highest BCUT2D eigenvalue weighted by Gasteiger charge is 2.42. The molecule has 3 nitrogen and oxygen atoms in total. The van der Waals surface area contributed by atoms with Crippen molar-refractivity contribution in [3.05, 3.63) is 34.3 Å². The van der Waals surface area contributed by atoms with Gasteiger partial charge in [0.25, 0.3) is 0 Å². The molecule has 1 heterocycles. The van der Waals surface area contributed by atoms with Crippen LogP contribution in [0.2, 0.25) is 0 Å². The molecule has 0 spiro atoms. The molecule has 4 heteroatoms. The van der Waals surface area contributed by atoms with E-state index in [2.05, 4.69) is 33.0 Å². The highest BCUT2D eigenvalue weighted by Crippen LogP contribution is 2.37. The lowest BCUT2D eigenvalue weighted by molar-refractivity contribution is -0.134. The minimum absolute atomic E-state index is 0.0428. The van der Waals surface area contributed by atoms with E-state index >= 15 is 0 Å². The fraction of sp³-hybridized carbons (Fsp3) is 0.588. The van der Waals surface area contributed by atoms with Gasteiger partial charge in [-0.1, -0.05) is 35.0 Å². The maximum absolute atomic E-state index is 12.6. The van der Waals surface area contributed by atoms with Crippen molar-refractivity contribution >= 4 is 21.8 Å². The van der Waals surface area contributed by atoms with Crippen molar-refractivity contribution in [3.8, 4) is 0 Å². The van der Waals surface area contributed by atoms with Gasteiger partial charge in [-0.25, -0.2) is 0 Å². The van der Waals surface area contributed by atoms with Crippen LogP contribution in [0.1, 0.15) is 25.3 Å². The Labute approximate surface area is 135 Å². The van der Waals surface area contributed by atoms with Crippen LogP contribution in [0.5, 0.6) is 0 Å². The number of nitrogens with zero attached hydrogens (tertiary/aromatic N) is 1. The van der Waals surface area contributed by atoms with Crippen LogP contribution in [0.4, 0.5) is 0 Å². The molecule has 1 amide bonds. The molecule has 1 saturated heterocycles. The second kappa shape index (κ2) is 6.09. The van der Waals surface area contributed by atoms with Gasteiger partial charge in [-0.05, 0) is 48.8 Å². The first kappa shape index (κ1) is 15.0. The summed E-state index contributed by atoms with van der Waals surface area (Å²) in [7, 11) is 0. The van der Waals surface area contributed by atoms with Gasteiger partial charge in [0.2, 0.25) is 5.91 Å². The molecule has 1 saturated carbocycles. The van der Waals surface area contributed by atoms with Gasteiger partial charge in [0.05, 0.1) is 0 Å². The summed E-state index contributed by atoms with van der Waals surface area (Å²) in [6.45, 7) is 3.83. The number of carbonyl (C=O) groups excluding carboxylic acids is 1. The van der Waals surface area contributed by atoms with Gasteiger partial charge >= 0.3 is 0 Å². The molecule has 1 aliphatic heterocycles. The number of benzene rings is 1. The van der Waals surface area contributed by atoms with Gasteiger partial charge in [-0.2, -0.15) is 0 Å². The molecular weight excluding hydrogens is 328 g/mol. The Balaban J connectivity index is 1.59. The Morgan fingerprint density at radius 3 is 2.71 bits per heavy atom. The summed E-state index contributed by atoms with van der Waals surface area (Å²) >= 11 is 3.44. The molecule has 2 aliphatic rings. The Morgan fingerprint density at radius 2 is 2.05 bits per heavy atom. The van der Waals surface area contributed by atoms with E-state index in [1.807, 2.05) is 19.1 Å². The highest BCUT2D eigenvalue weighted by atomic mass is 79.9. The van der Waals surface area contributed by atoms with Gasteiger partial charge < -0.3 is 10.6 Å². The third-order valence-electron chi connectivity index (χ3n) is 5.10. The maximum Gasteiger partial charge on any atom is 0.225 e. The van der Waals surface area contributed by atoms with Gasteiger partial charge in [0.15, 0.2) is 0 Å². The average Bonchev–Trinajstić information content (AvgIpc) is 3.03. The summed E-state index contributed by atoms with van der Waals surface area (Å²) in [6, 6.07) is 8.54. The van der Waals surface area contributed by atoms with Crippen LogP contribution in [-0.2, 0) is 11.2 Å². The number of amides is 1. The van der Waals surface area contributed by atoms with E-state index in [9.17, 15) is 4.79 Å². The number of rotatable bonds is 3. The predicted octanol–water partition coefficient (Wildman–Crippen LogP) is 2.82. The maximum atomic E-state index is 12.6. The number of nitrogens with two attached hydrogens (primary N) is 1. The predicted molar refractivity (Wildman–Crippen MR) is 87.8 cm³/mol. The number of halogens is 1. The van der Waals surface area contributed by atoms with Crippen molar-refractivity contribution in [2.75, 3.05) is 13.1 Å². The summed E-state index contributed by atoms with van der Waals surface area (Å²) in [4.78, 5) is 14.7. The number of carbonyl (C=O) groups is 1. The fourth-order valence-corrected chi connectivity index (χ4v) is 4.12. The molecule has 1 aromatic carbocycles. The van der Waals surface area contributed by atoms with Gasteiger partial charge in [0, 0.05) is 29.5 Å². The summed E-state index contributed by atoms with van der Waals surface area (Å²) in [5.41, 5.74) is 7.37. The summed E-state index contributed by atoms with van der Waals surface area (Å²) in [6.07, 6.45) is 3.13. The van der Waals surface area contributed by atoms with E-state index < -0.39 is 0 Å². The van der Waals surface area contributed by atoms with Crippen molar-refractivity contribution in [1.29, 1.82) is 0 Å². The van der Waals surface area contributed by atoms with Gasteiger partial charge in [0.1, 0.15) is 0 Å². The fourth-order valence-electron chi connectivity index (χ4n) is 3.86. The van der Waals surface area contributed by atoms with Crippen LogP contribution in [0, 0.1) is 17.8 Å². The van der Waals surface area contributed by atoms with Crippen LogP contribution in [-0.4, -0.2) is 29.9 Å². The molecular formula is C17H23BrN2O. The molecule has 0 bridgehead atoms. The molecule has 2 N–H and O–H groups in total. The Bertz CT molecular complexity index is 516. The van der Waals surface area contributed by atoms with Crippen LogP contribution in [0.3, 0.4) is 0 Å². The molecule has 4 unspecified atom stereocenters. The Morgan fingerprint density at radius 1 is 1.33 bits per heavy atom. The topological polar surface area (TPSA) is 46.3 Å². The Hall–Kier alpha value is -0.870. The third kappa shape index (κ3) is 3.16. The van der Waals surface area contributed by atoms with Gasteiger partial charge in [-0.3, -0.25) is 4.79 Å². The van der Waals surface area contributed by atoms with Crippen LogP contribution in [0.15, 0.2) is 28.7 Å². The molecule has 114 valence electrons. The molecule has 1 aromatic rings. The van der Waals surface area contributed by atoms with E-state index in [0.29, 0.717) is 23.8 Å². The number of likely N-dealkylation sites (tertiary alicyclic amines) is 1. The average molecular weight is 351 g/mol. The van der Waals surface area contributed by atoms with Crippen LogP contribution in [0.25, 0.3) is 0 Å². The third-order valence-corrected chi connectivity index (χ3v) is 5.63. The van der Waals surface area contributed by atoms with E-state index in [0.717, 1.165) is 30.4 Å². The van der Waals surface area contributed by atoms with E-state index in [4.69, 9.17) is 5.73 Å². The zero-order valence-corrected chi connectivity index (χ0v) is 14.1. The van der Waals surface area contributed by atoms with Crippen molar-refractivity contribution < 1.29 is 4.79 Å². The number of fused-ring (bicyclic) bond motifs is 1. The lowest BCUT2D eigenvalue weighted by Gasteiger charge is -2.22. The molecule has 1 aliphatic carbocycles. The van der Waals surface area contributed by atoms with Crippen molar-refractivity contribution in [2.45, 2.75) is 32.2 Å². The summed E-state index contributed by atoms with van der Waals surface area (Å²) < 4.78 is 1.08. The van der Waals surface area contributed by atoms with Crippen LogP contribution < -0.4 is 5.73 Å². The second-order valence-corrected chi connectivity index (χ2v) is 7.56. The SMILES string of the molecule is CC(Cc1ccc(Br)cc1)C(=O)N1CC2CCC(N)C2C1. The normalized spacial score (nSPS) is 29.5. The molecule has 4 atom stereocenters. The minimum Gasteiger partial charge on any atom is -0.342 e. The standard InChI is InChI=1S/C17H23BrN2O/c1-11(8-12-2-5-14(18)6-3-12)17(21)20-9-13-4-7-16(19)15(13)10-20/h2-3,5-6,11,13,15-16H,4,7-10,19H2,1H3. The minimum atomic E-state index is 0.0428. The summed E-state index contributed by atoms with van der Waals surface area (Å²) in [5.74, 6) is 1.51. The van der Waals surface area contributed by atoms with E-state index in [1.54, 1.807) is 0 Å². The highest BCUT2D eigenvalue weighted by molar-refractivity contribution is 9.10. The van der Waals surface area contributed by atoms with E-state index in [-0.39, 0.29) is 5.92 Å². The smallest absolute Gasteiger partial charge is 0.225 e. The molecule has 3 rings (SSSR count). The lowest BCUT2D eigenvalue weighted by atomic mass is 9.98.